The molecule has 1 N–H and O–H groups in total. The van der Waals surface area contributed by atoms with E-state index in [2.05, 4.69) is 26.2 Å². The van der Waals surface area contributed by atoms with Crippen molar-refractivity contribution in [1.82, 2.24) is 4.98 Å². The van der Waals surface area contributed by atoms with Crippen LogP contribution in [0, 0.1) is 30.3 Å². The predicted octanol–water partition coefficient (Wildman–Crippen LogP) is 6.03. The molecule has 1 fully saturated rings. The number of carbonyl (C=O) groups excluding carboxylic acids is 1. The first-order valence-corrected chi connectivity index (χ1v) is 13.5. The van der Waals surface area contributed by atoms with Gasteiger partial charge in [0.05, 0.1) is 15.5 Å². The van der Waals surface area contributed by atoms with Gasteiger partial charge in [-0.25, -0.2) is 26.6 Å². The molecule has 0 unspecified atom stereocenters. The molecule has 1 aliphatic carbocycles. The van der Waals surface area contributed by atoms with E-state index in [1.54, 1.807) is 0 Å². The van der Waals surface area contributed by atoms with E-state index in [4.69, 9.17) is 0 Å². The second-order valence-electron chi connectivity index (χ2n) is 7.80. The second kappa shape index (κ2) is 10.0. The molecule has 11 heteroatoms. The van der Waals surface area contributed by atoms with Crippen LogP contribution in [0.25, 0.3) is 5.57 Å². The second-order valence-corrected chi connectivity index (χ2v) is 12.2. The van der Waals surface area contributed by atoms with Gasteiger partial charge in [-0.1, -0.05) is 43.1 Å². The van der Waals surface area contributed by atoms with Crippen molar-refractivity contribution in [2.45, 2.75) is 50.3 Å². The van der Waals surface area contributed by atoms with Gasteiger partial charge in [-0.2, -0.15) is 0 Å². The maximum atomic E-state index is 15.3. The van der Waals surface area contributed by atoms with Crippen molar-refractivity contribution in [3.63, 3.8) is 0 Å². The molecule has 32 heavy (non-hydrogen) atoms. The molecule has 0 bridgehead atoms. The number of hydrogen-bond donors (Lipinski definition) is 1. The summed E-state index contributed by atoms with van der Waals surface area (Å²) in [6.45, 7) is 1.05. The van der Waals surface area contributed by atoms with Gasteiger partial charge in [-0.15, -0.1) is 0 Å². The molecule has 1 heterocycles. The molecule has 5 nitrogen and oxygen atoms in total. The van der Waals surface area contributed by atoms with Crippen LogP contribution in [0.3, 0.4) is 0 Å². The third kappa shape index (κ3) is 5.43. The lowest BCUT2D eigenvalue weighted by atomic mass is 9.92. The van der Waals surface area contributed by atoms with Crippen molar-refractivity contribution < 1.29 is 26.4 Å². The fourth-order valence-electron chi connectivity index (χ4n) is 3.90. The van der Waals surface area contributed by atoms with Crippen LogP contribution in [-0.2, 0) is 14.6 Å². The number of carbonyl (C=O) groups is 1. The first kappa shape index (κ1) is 24.9. The van der Waals surface area contributed by atoms with Gasteiger partial charge in [0.25, 0.3) is 5.91 Å². The molecule has 1 saturated carbocycles. The average molecular weight is 551 g/mol. The minimum atomic E-state index is -4.24. The predicted molar refractivity (Wildman–Crippen MR) is 122 cm³/mol. The van der Waals surface area contributed by atoms with E-state index in [9.17, 15) is 17.6 Å². The van der Waals surface area contributed by atoms with Crippen molar-refractivity contribution in [2.24, 2.45) is 5.92 Å². The summed E-state index contributed by atoms with van der Waals surface area (Å²) in [6.07, 6.45) is 8.92. The van der Waals surface area contributed by atoms with Crippen LogP contribution in [0.4, 0.5) is 18.3 Å². The summed E-state index contributed by atoms with van der Waals surface area (Å²) >= 11 is 4.33. The molecule has 3 rings (SSSR count). The highest BCUT2D eigenvalue weighted by atomic mass is 79.9. The van der Waals surface area contributed by atoms with Gasteiger partial charge in [0.2, 0.25) is 0 Å². The van der Waals surface area contributed by atoms with Crippen LogP contribution in [-0.4, -0.2) is 25.6 Å². The Morgan fingerprint density at radius 1 is 1.16 bits per heavy atom. The summed E-state index contributed by atoms with van der Waals surface area (Å²) in [6, 6.07) is 0. The van der Waals surface area contributed by atoms with Crippen molar-refractivity contribution in [3.05, 3.63) is 44.6 Å². The highest BCUT2D eigenvalue weighted by Gasteiger charge is 2.32. The molecule has 1 aliphatic rings. The lowest BCUT2D eigenvalue weighted by Gasteiger charge is -2.17. The topological polar surface area (TPSA) is 76.1 Å². The number of halogens is 4. The summed E-state index contributed by atoms with van der Waals surface area (Å²) in [5.74, 6) is -5.65. The van der Waals surface area contributed by atoms with E-state index in [1.807, 2.05) is 0 Å². The van der Waals surface area contributed by atoms with Gasteiger partial charge < -0.3 is 0 Å². The monoisotopic (exact) mass is 550 g/mol. The van der Waals surface area contributed by atoms with Crippen molar-refractivity contribution in [3.8, 4) is 0 Å². The normalized spacial score (nSPS) is 16.1. The molecule has 1 amide bonds. The number of anilines is 1. The van der Waals surface area contributed by atoms with Crippen LogP contribution in [0.15, 0.2) is 21.0 Å². The fourth-order valence-corrected chi connectivity index (χ4v) is 6.06. The number of thiazole rings is 1. The molecule has 1 aromatic heterocycles. The quantitative estimate of drug-likeness (QED) is 0.280. The third-order valence-corrected chi connectivity index (χ3v) is 8.00. The minimum Gasteiger partial charge on any atom is -0.298 e. The SMILES string of the molecule is Cc1c(F)c(C(=CC2CCCCCC2)C(=O)Nc2ncc(Br)s2)c(F)c(F)c1S(C)(=O)=O. The highest BCUT2D eigenvalue weighted by Crippen LogP contribution is 2.35. The Kier molecular flexibility index (Phi) is 7.82. The zero-order chi connectivity index (χ0) is 23.6. The van der Waals surface area contributed by atoms with Crippen molar-refractivity contribution in [1.29, 1.82) is 0 Å². The van der Waals surface area contributed by atoms with Crippen LogP contribution < -0.4 is 5.32 Å². The van der Waals surface area contributed by atoms with Gasteiger partial charge in [-0.3, -0.25) is 10.1 Å². The standard InChI is InChI=1S/C21H22BrF3N2O3S2/c1-11-16(23)15(17(24)18(25)19(11)32(2,29)30)13(9-12-7-5-3-4-6-8-12)20(28)27-21-26-10-14(22)31-21/h9-10,12H,3-8H2,1-2H3,(H,26,27,28). The maximum absolute atomic E-state index is 15.3. The first-order chi connectivity index (χ1) is 15.0. The Balaban J connectivity index is 2.17. The molecule has 0 saturated heterocycles. The van der Waals surface area contributed by atoms with Gasteiger partial charge in [-0.05, 0) is 41.6 Å². The largest absolute Gasteiger partial charge is 0.298 e. The minimum absolute atomic E-state index is 0.127. The molecule has 0 atom stereocenters. The van der Waals surface area contributed by atoms with Crippen molar-refractivity contribution in [2.75, 3.05) is 11.6 Å². The lowest BCUT2D eigenvalue weighted by Crippen LogP contribution is -2.19. The van der Waals surface area contributed by atoms with E-state index in [1.165, 1.54) is 12.3 Å². The number of sulfone groups is 1. The Hall–Kier alpha value is -1.72. The molecule has 0 radical (unpaired) electrons. The number of nitrogens with one attached hydrogen (secondary N) is 1. The number of allylic oxidation sites excluding steroid dienone is 1. The number of amides is 1. The van der Waals surface area contributed by atoms with Crippen LogP contribution in [0.1, 0.15) is 49.7 Å². The smallest absolute Gasteiger partial charge is 0.257 e. The van der Waals surface area contributed by atoms with E-state index in [0.29, 0.717) is 10.0 Å². The number of benzene rings is 1. The van der Waals surface area contributed by atoms with Gasteiger partial charge in [0.1, 0.15) is 10.7 Å². The number of nitrogens with zero attached hydrogens (tertiary/aromatic N) is 1. The summed E-state index contributed by atoms with van der Waals surface area (Å²) in [5.41, 5.74) is -1.82. The number of rotatable bonds is 5. The lowest BCUT2D eigenvalue weighted by molar-refractivity contribution is -0.111. The highest BCUT2D eigenvalue weighted by molar-refractivity contribution is 9.11. The Bertz CT molecular complexity index is 1140. The molecule has 2 aromatic rings. The fraction of sp³-hybridized carbons (Fsp3) is 0.429. The summed E-state index contributed by atoms with van der Waals surface area (Å²) < 4.78 is 69.7. The summed E-state index contributed by atoms with van der Waals surface area (Å²) in [5, 5.41) is 2.69. The Morgan fingerprint density at radius 2 is 1.78 bits per heavy atom. The van der Waals surface area contributed by atoms with E-state index < -0.39 is 49.2 Å². The van der Waals surface area contributed by atoms with Crippen LogP contribution >= 0.6 is 27.3 Å². The van der Waals surface area contributed by atoms with Gasteiger partial charge in [0, 0.05) is 17.4 Å². The molecular formula is C21H22BrF3N2O3S2. The van der Waals surface area contributed by atoms with E-state index >= 15 is 8.78 Å². The Labute approximate surface area is 197 Å². The average Bonchev–Trinajstić information content (AvgIpc) is 2.95. The van der Waals surface area contributed by atoms with Gasteiger partial charge in [0.15, 0.2) is 26.6 Å². The number of hydrogen-bond acceptors (Lipinski definition) is 5. The maximum Gasteiger partial charge on any atom is 0.257 e. The third-order valence-electron chi connectivity index (χ3n) is 5.39. The molecule has 174 valence electrons. The van der Waals surface area contributed by atoms with Crippen LogP contribution in [0.2, 0.25) is 0 Å². The Morgan fingerprint density at radius 3 is 2.31 bits per heavy atom. The number of aromatic nitrogens is 1. The molecule has 0 spiro atoms. The van der Waals surface area contributed by atoms with E-state index in [0.717, 1.165) is 56.8 Å². The molecule has 0 aliphatic heterocycles. The van der Waals surface area contributed by atoms with Gasteiger partial charge >= 0.3 is 0 Å². The molecule has 1 aromatic carbocycles. The zero-order valence-electron chi connectivity index (χ0n) is 17.5. The summed E-state index contributed by atoms with van der Waals surface area (Å²) in [4.78, 5) is 16.0. The van der Waals surface area contributed by atoms with Crippen LogP contribution in [0.5, 0.6) is 0 Å². The van der Waals surface area contributed by atoms with Crippen molar-refractivity contribution >= 4 is 53.7 Å². The first-order valence-electron chi connectivity index (χ1n) is 10.0. The zero-order valence-corrected chi connectivity index (χ0v) is 20.7. The molecular weight excluding hydrogens is 529 g/mol. The summed E-state index contributed by atoms with van der Waals surface area (Å²) in [7, 11) is -4.24. The van der Waals surface area contributed by atoms with E-state index in [-0.39, 0.29) is 16.6 Å².